The molecule has 0 unspecified atom stereocenters. The van der Waals surface area contributed by atoms with Crippen molar-refractivity contribution in [3.05, 3.63) is 79.8 Å². The lowest BCUT2D eigenvalue weighted by Crippen LogP contribution is -2.38. The summed E-state index contributed by atoms with van der Waals surface area (Å²) in [6, 6.07) is 12.3. The van der Waals surface area contributed by atoms with Gasteiger partial charge in [-0.3, -0.25) is 9.59 Å². The fourth-order valence-electron chi connectivity index (χ4n) is 4.29. The van der Waals surface area contributed by atoms with Gasteiger partial charge in [0.05, 0.1) is 13.7 Å². The van der Waals surface area contributed by atoms with Gasteiger partial charge < -0.3 is 14.6 Å². The zero-order valence-corrected chi connectivity index (χ0v) is 20.4. The van der Waals surface area contributed by atoms with Gasteiger partial charge in [0, 0.05) is 40.2 Å². The normalized spacial score (nSPS) is 14.4. The molecule has 2 aromatic heterocycles. The standard InChI is InChI=1S/C24H22Cl2N6O3/c1-35-16-7-5-15(6-8-16)24(34)31-11-9-14(10-12-31)21-27-22-20(23(33)28-21)29-30-32(22)13-17-18(25)3-2-4-19(17)26/h2-8,14H,9-13H2,1H3,(H,27,28,33). The maximum atomic E-state index is 12.9. The van der Waals surface area contributed by atoms with Crippen molar-refractivity contribution in [2.24, 2.45) is 0 Å². The van der Waals surface area contributed by atoms with Gasteiger partial charge in [0.25, 0.3) is 11.5 Å². The van der Waals surface area contributed by atoms with Crippen molar-refractivity contribution in [3.63, 3.8) is 0 Å². The van der Waals surface area contributed by atoms with Crippen LogP contribution >= 0.6 is 23.2 Å². The van der Waals surface area contributed by atoms with E-state index < -0.39 is 0 Å². The number of likely N-dealkylation sites (tertiary alicyclic amines) is 1. The molecule has 1 fully saturated rings. The van der Waals surface area contributed by atoms with Crippen LogP contribution in [0.3, 0.4) is 0 Å². The molecule has 180 valence electrons. The van der Waals surface area contributed by atoms with Crippen molar-refractivity contribution in [2.75, 3.05) is 20.2 Å². The van der Waals surface area contributed by atoms with E-state index in [1.165, 1.54) is 4.68 Å². The second-order valence-electron chi connectivity index (χ2n) is 8.37. The van der Waals surface area contributed by atoms with E-state index in [0.717, 1.165) is 0 Å². The van der Waals surface area contributed by atoms with Crippen LogP contribution in [0.15, 0.2) is 47.3 Å². The van der Waals surface area contributed by atoms with E-state index in [1.54, 1.807) is 49.6 Å². The number of aromatic amines is 1. The smallest absolute Gasteiger partial charge is 0.281 e. The van der Waals surface area contributed by atoms with Crippen molar-refractivity contribution < 1.29 is 9.53 Å². The molecule has 3 heterocycles. The number of carbonyl (C=O) groups is 1. The Kier molecular flexibility index (Phi) is 6.44. The van der Waals surface area contributed by atoms with Gasteiger partial charge >= 0.3 is 0 Å². The average Bonchev–Trinajstić information content (AvgIpc) is 3.29. The van der Waals surface area contributed by atoms with Crippen LogP contribution in [0.25, 0.3) is 11.2 Å². The summed E-state index contributed by atoms with van der Waals surface area (Å²) in [5, 5.41) is 9.11. The van der Waals surface area contributed by atoms with Crippen molar-refractivity contribution in [2.45, 2.75) is 25.3 Å². The zero-order valence-electron chi connectivity index (χ0n) is 18.9. The third kappa shape index (κ3) is 4.61. The number of nitrogens with one attached hydrogen (secondary N) is 1. The lowest BCUT2D eigenvalue weighted by atomic mass is 9.95. The Hall–Kier alpha value is -3.43. The summed E-state index contributed by atoms with van der Waals surface area (Å²) >= 11 is 12.6. The van der Waals surface area contributed by atoms with Crippen LogP contribution in [0, 0.1) is 0 Å². The number of aromatic nitrogens is 5. The highest BCUT2D eigenvalue weighted by atomic mass is 35.5. The van der Waals surface area contributed by atoms with Gasteiger partial charge in [-0.05, 0) is 49.2 Å². The number of halogens is 2. The fourth-order valence-corrected chi connectivity index (χ4v) is 4.81. The highest BCUT2D eigenvalue weighted by Crippen LogP contribution is 2.28. The Morgan fingerprint density at radius 2 is 1.80 bits per heavy atom. The van der Waals surface area contributed by atoms with Crippen molar-refractivity contribution in [3.8, 4) is 5.75 Å². The largest absolute Gasteiger partial charge is 0.497 e. The SMILES string of the molecule is COc1ccc(C(=O)N2CCC(c3nc4c(nnn4Cc4c(Cl)cccc4Cl)c(=O)[nH]3)CC2)cc1. The maximum absolute atomic E-state index is 12.9. The molecule has 0 radical (unpaired) electrons. The molecule has 9 nitrogen and oxygen atoms in total. The minimum Gasteiger partial charge on any atom is -0.497 e. The van der Waals surface area contributed by atoms with Crippen LogP contribution in [-0.4, -0.2) is 56.0 Å². The van der Waals surface area contributed by atoms with Crippen LogP contribution in [0.4, 0.5) is 0 Å². The van der Waals surface area contributed by atoms with E-state index in [-0.39, 0.29) is 29.4 Å². The Balaban J connectivity index is 1.34. The Labute approximate surface area is 210 Å². The van der Waals surface area contributed by atoms with E-state index in [0.29, 0.717) is 64.3 Å². The van der Waals surface area contributed by atoms with E-state index in [4.69, 9.17) is 32.9 Å². The number of amides is 1. The molecule has 0 spiro atoms. The second kappa shape index (κ2) is 9.67. The number of methoxy groups -OCH3 is 1. The van der Waals surface area contributed by atoms with Crippen LogP contribution in [0.1, 0.15) is 40.5 Å². The Morgan fingerprint density at radius 3 is 2.46 bits per heavy atom. The van der Waals surface area contributed by atoms with Gasteiger partial charge in [0.15, 0.2) is 11.2 Å². The van der Waals surface area contributed by atoms with Gasteiger partial charge in [-0.1, -0.05) is 34.5 Å². The molecular weight excluding hydrogens is 491 g/mol. The number of rotatable bonds is 5. The summed E-state index contributed by atoms with van der Waals surface area (Å²) in [4.78, 5) is 35.0. The lowest BCUT2D eigenvalue weighted by molar-refractivity contribution is 0.0711. The summed E-state index contributed by atoms with van der Waals surface area (Å²) < 4.78 is 6.69. The number of H-pyrrole nitrogens is 1. The molecule has 0 bridgehead atoms. The quantitative estimate of drug-likeness (QED) is 0.434. The number of nitrogens with zero attached hydrogens (tertiary/aromatic N) is 5. The highest BCUT2D eigenvalue weighted by Gasteiger charge is 2.27. The fraction of sp³-hybridized carbons (Fsp3) is 0.292. The first-order valence-corrected chi connectivity index (χ1v) is 11.9. The number of carbonyl (C=O) groups excluding carboxylic acids is 1. The van der Waals surface area contributed by atoms with Crippen molar-refractivity contribution >= 4 is 40.3 Å². The number of piperidine rings is 1. The average molecular weight is 513 g/mol. The number of fused-ring (bicyclic) bond motifs is 1. The molecule has 0 atom stereocenters. The number of benzene rings is 2. The van der Waals surface area contributed by atoms with Gasteiger partial charge in [-0.2, -0.15) is 0 Å². The summed E-state index contributed by atoms with van der Waals surface area (Å²) in [6.45, 7) is 1.35. The van der Waals surface area contributed by atoms with Crippen LogP contribution in [-0.2, 0) is 6.54 Å². The van der Waals surface area contributed by atoms with Gasteiger partial charge in [0.1, 0.15) is 11.6 Å². The highest BCUT2D eigenvalue weighted by molar-refractivity contribution is 6.36. The predicted molar refractivity (Wildman–Crippen MR) is 132 cm³/mol. The van der Waals surface area contributed by atoms with E-state index in [9.17, 15) is 9.59 Å². The van der Waals surface area contributed by atoms with Crippen LogP contribution in [0.2, 0.25) is 10.0 Å². The van der Waals surface area contributed by atoms with Gasteiger partial charge in [-0.25, -0.2) is 9.67 Å². The van der Waals surface area contributed by atoms with Gasteiger partial charge in [-0.15, -0.1) is 5.10 Å². The summed E-state index contributed by atoms with van der Waals surface area (Å²) in [6.07, 6.45) is 1.35. The first-order valence-electron chi connectivity index (χ1n) is 11.1. The molecular formula is C24H22Cl2N6O3. The molecule has 35 heavy (non-hydrogen) atoms. The molecule has 2 aromatic carbocycles. The summed E-state index contributed by atoms with van der Waals surface area (Å²) in [5.41, 5.74) is 1.47. The lowest BCUT2D eigenvalue weighted by Gasteiger charge is -2.31. The molecule has 1 amide bonds. The van der Waals surface area contributed by atoms with E-state index >= 15 is 0 Å². The monoisotopic (exact) mass is 512 g/mol. The summed E-state index contributed by atoms with van der Waals surface area (Å²) in [5.74, 6) is 1.24. The predicted octanol–water partition coefficient (Wildman–Crippen LogP) is 3.90. The third-order valence-corrected chi connectivity index (χ3v) is 6.98. The van der Waals surface area contributed by atoms with Crippen LogP contribution < -0.4 is 10.3 Å². The number of hydrogen-bond acceptors (Lipinski definition) is 6. The third-order valence-electron chi connectivity index (χ3n) is 6.27. The molecule has 1 aliphatic rings. The first-order chi connectivity index (χ1) is 16.9. The Morgan fingerprint density at radius 1 is 1.11 bits per heavy atom. The maximum Gasteiger partial charge on any atom is 0.281 e. The minimum absolute atomic E-state index is 0.000677. The summed E-state index contributed by atoms with van der Waals surface area (Å²) in [7, 11) is 1.59. The topological polar surface area (TPSA) is 106 Å². The van der Waals surface area contributed by atoms with Crippen molar-refractivity contribution in [1.82, 2.24) is 29.9 Å². The Bertz CT molecular complexity index is 1420. The van der Waals surface area contributed by atoms with E-state index in [1.807, 2.05) is 4.90 Å². The molecule has 5 rings (SSSR count). The van der Waals surface area contributed by atoms with Crippen molar-refractivity contribution in [1.29, 1.82) is 0 Å². The second-order valence-corrected chi connectivity index (χ2v) is 9.18. The minimum atomic E-state index is -0.349. The molecule has 0 saturated carbocycles. The molecule has 0 aliphatic carbocycles. The molecule has 1 saturated heterocycles. The number of ether oxygens (including phenoxy) is 1. The van der Waals surface area contributed by atoms with Gasteiger partial charge in [0.2, 0.25) is 0 Å². The number of hydrogen-bond donors (Lipinski definition) is 1. The zero-order chi connectivity index (χ0) is 24.5. The van der Waals surface area contributed by atoms with E-state index in [2.05, 4.69) is 15.3 Å². The molecule has 11 heteroatoms. The molecule has 1 N–H and O–H groups in total. The first kappa shape index (κ1) is 23.3. The van der Waals surface area contributed by atoms with Crippen LogP contribution in [0.5, 0.6) is 5.75 Å². The molecule has 1 aliphatic heterocycles. The molecule has 4 aromatic rings.